The normalized spacial score (nSPS) is 18.4. The van der Waals surface area contributed by atoms with E-state index in [1.165, 1.54) is 17.1 Å². The van der Waals surface area contributed by atoms with Gasteiger partial charge in [0.25, 0.3) is 5.91 Å². The van der Waals surface area contributed by atoms with E-state index < -0.39 is 17.8 Å². The first-order chi connectivity index (χ1) is 14.0. The van der Waals surface area contributed by atoms with Crippen LogP contribution in [0.3, 0.4) is 0 Å². The Bertz CT molecular complexity index is 1130. The summed E-state index contributed by atoms with van der Waals surface area (Å²) in [5.41, 5.74) is 3.10. The number of nitrogens with zero attached hydrogens (tertiary/aromatic N) is 4. The van der Waals surface area contributed by atoms with Crippen LogP contribution in [0.2, 0.25) is 0 Å². The van der Waals surface area contributed by atoms with E-state index in [0.29, 0.717) is 29.0 Å². The Morgan fingerprint density at radius 1 is 1.21 bits per heavy atom. The molecular weight excluding hydrogens is 374 g/mol. The third-order valence-electron chi connectivity index (χ3n) is 4.87. The maximum Gasteiger partial charge on any atom is 0.251 e. The molecule has 2 aliphatic rings. The number of halogens is 2. The summed E-state index contributed by atoms with van der Waals surface area (Å²) in [6.07, 6.45) is 1.53. The van der Waals surface area contributed by atoms with Crippen LogP contribution < -0.4 is 0 Å². The van der Waals surface area contributed by atoms with Crippen molar-refractivity contribution in [2.45, 2.75) is 25.9 Å². The Hall–Kier alpha value is -3.66. The molecule has 4 rings (SSSR count). The van der Waals surface area contributed by atoms with Gasteiger partial charge in [0.1, 0.15) is 11.6 Å². The number of nitriles is 1. The fourth-order valence-corrected chi connectivity index (χ4v) is 3.41. The molecule has 0 aliphatic carbocycles. The van der Waals surface area contributed by atoms with Crippen LogP contribution in [0.1, 0.15) is 36.5 Å². The zero-order valence-corrected chi connectivity index (χ0v) is 15.6. The van der Waals surface area contributed by atoms with Crippen molar-refractivity contribution < 1.29 is 13.6 Å². The van der Waals surface area contributed by atoms with E-state index in [-0.39, 0.29) is 17.9 Å². The van der Waals surface area contributed by atoms with Crippen LogP contribution in [0.25, 0.3) is 5.57 Å². The highest BCUT2D eigenvalue weighted by atomic mass is 19.1. The van der Waals surface area contributed by atoms with Crippen molar-refractivity contribution in [3.8, 4) is 6.07 Å². The van der Waals surface area contributed by atoms with Gasteiger partial charge in [-0.3, -0.25) is 9.79 Å². The molecule has 144 valence electrons. The molecule has 0 aromatic heterocycles. The van der Waals surface area contributed by atoms with E-state index in [9.17, 15) is 13.6 Å². The molecule has 1 atom stereocenters. The van der Waals surface area contributed by atoms with Gasteiger partial charge < -0.3 is 0 Å². The third-order valence-corrected chi connectivity index (χ3v) is 4.87. The maximum atomic E-state index is 14.4. The number of aliphatic imine (C=N–C) groups is 1. The van der Waals surface area contributed by atoms with Gasteiger partial charge in [0.2, 0.25) is 0 Å². The summed E-state index contributed by atoms with van der Waals surface area (Å²) in [5, 5.41) is 14.6. The fourth-order valence-electron chi connectivity index (χ4n) is 3.41. The number of rotatable bonds is 3. The second kappa shape index (κ2) is 7.40. The van der Waals surface area contributed by atoms with E-state index in [0.717, 1.165) is 11.6 Å². The number of benzene rings is 2. The van der Waals surface area contributed by atoms with Gasteiger partial charge in [-0.2, -0.15) is 10.4 Å². The first kappa shape index (κ1) is 18.7. The highest BCUT2D eigenvalue weighted by Crippen LogP contribution is 2.30. The second-order valence-corrected chi connectivity index (χ2v) is 6.70. The van der Waals surface area contributed by atoms with Crippen molar-refractivity contribution >= 4 is 22.9 Å². The molecule has 0 fully saturated rings. The number of amides is 1. The van der Waals surface area contributed by atoms with Gasteiger partial charge in [-0.15, -0.1) is 0 Å². The third kappa shape index (κ3) is 3.45. The summed E-state index contributed by atoms with van der Waals surface area (Å²) < 4.78 is 27.7. The molecule has 0 saturated heterocycles. The minimum atomic E-state index is -0.711. The van der Waals surface area contributed by atoms with E-state index >= 15 is 0 Å². The quantitative estimate of drug-likeness (QED) is 0.794. The molecule has 5 nitrogen and oxygen atoms in total. The molecule has 2 aromatic rings. The molecule has 0 spiro atoms. The van der Waals surface area contributed by atoms with Crippen LogP contribution in [0, 0.1) is 23.0 Å². The van der Waals surface area contributed by atoms with E-state index in [1.807, 2.05) is 6.92 Å². The Kier molecular flexibility index (Phi) is 4.77. The lowest BCUT2D eigenvalue weighted by Gasteiger charge is -2.32. The lowest BCUT2D eigenvalue weighted by molar-refractivity contribution is -0.131. The SMILES string of the molecule is CCC1=NN2C(=O)CC(c3ccc(C#N)cc3)=NC2C=C1c1ccc(F)cc1F. The summed E-state index contributed by atoms with van der Waals surface area (Å²) in [6.45, 7) is 1.86. The molecule has 0 bridgehead atoms. The first-order valence-electron chi connectivity index (χ1n) is 9.14. The zero-order valence-electron chi connectivity index (χ0n) is 15.6. The number of hydrogen-bond acceptors (Lipinski definition) is 4. The van der Waals surface area contributed by atoms with Crippen molar-refractivity contribution in [3.05, 3.63) is 76.9 Å². The lowest BCUT2D eigenvalue weighted by atomic mass is 9.95. The molecule has 0 saturated carbocycles. The lowest BCUT2D eigenvalue weighted by Crippen LogP contribution is -2.43. The minimum Gasteiger partial charge on any atom is -0.272 e. The summed E-state index contributed by atoms with van der Waals surface area (Å²) in [7, 11) is 0. The standard InChI is InChI=1S/C22H16F2N4O/c1-2-19-17(16-8-7-15(23)9-18(16)24)10-21-26-20(11-22(29)28(21)27-19)14-5-3-13(12-25)4-6-14/h3-10,21H,2,11H2,1H3. The van der Waals surface area contributed by atoms with Crippen LogP contribution in [-0.2, 0) is 4.79 Å². The smallest absolute Gasteiger partial charge is 0.251 e. The van der Waals surface area contributed by atoms with Crippen LogP contribution in [0.4, 0.5) is 8.78 Å². The molecular formula is C22H16F2N4O. The van der Waals surface area contributed by atoms with Crippen LogP contribution in [0.15, 0.2) is 58.6 Å². The minimum absolute atomic E-state index is 0.0803. The largest absolute Gasteiger partial charge is 0.272 e. The summed E-state index contributed by atoms with van der Waals surface area (Å²) in [6, 6.07) is 12.3. The Morgan fingerprint density at radius 3 is 2.62 bits per heavy atom. The van der Waals surface area contributed by atoms with E-state index in [2.05, 4.69) is 16.2 Å². The Morgan fingerprint density at radius 2 is 1.97 bits per heavy atom. The number of hydrazone groups is 1. The predicted octanol–water partition coefficient (Wildman–Crippen LogP) is 4.05. The average molecular weight is 390 g/mol. The monoisotopic (exact) mass is 390 g/mol. The fraction of sp³-hybridized carbons (Fsp3) is 0.182. The first-order valence-corrected chi connectivity index (χ1v) is 9.14. The molecule has 29 heavy (non-hydrogen) atoms. The van der Waals surface area contributed by atoms with Crippen molar-refractivity contribution in [2.24, 2.45) is 10.1 Å². The molecule has 7 heteroatoms. The van der Waals surface area contributed by atoms with Crippen LogP contribution >= 0.6 is 0 Å². The average Bonchev–Trinajstić information content (AvgIpc) is 2.73. The molecule has 1 unspecified atom stereocenters. The van der Waals surface area contributed by atoms with Gasteiger partial charge in [-0.25, -0.2) is 13.8 Å². The van der Waals surface area contributed by atoms with Gasteiger partial charge in [0, 0.05) is 17.2 Å². The van der Waals surface area contributed by atoms with Crippen molar-refractivity contribution in [1.82, 2.24) is 5.01 Å². The van der Waals surface area contributed by atoms with E-state index in [4.69, 9.17) is 5.26 Å². The topological polar surface area (TPSA) is 68.8 Å². The Labute approximate surface area is 166 Å². The zero-order chi connectivity index (χ0) is 20.5. The van der Waals surface area contributed by atoms with Gasteiger partial charge in [-0.1, -0.05) is 19.1 Å². The van der Waals surface area contributed by atoms with Crippen LogP contribution in [0.5, 0.6) is 0 Å². The van der Waals surface area contributed by atoms with Gasteiger partial charge in [0.15, 0.2) is 6.17 Å². The molecule has 0 N–H and O–H groups in total. The molecule has 1 amide bonds. The number of carbonyl (C=O) groups is 1. The summed E-state index contributed by atoms with van der Waals surface area (Å²) in [4.78, 5) is 17.3. The maximum absolute atomic E-state index is 14.4. The van der Waals surface area contributed by atoms with Gasteiger partial charge in [0.05, 0.1) is 29.5 Å². The van der Waals surface area contributed by atoms with Crippen molar-refractivity contribution in [3.63, 3.8) is 0 Å². The predicted molar refractivity (Wildman–Crippen MR) is 105 cm³/mol. The molecule has 2 heterocycles. The van der Waals surface area contributed by atoms with E-state index in [1.54, 1.807) is 30.3 Å². The summed E-state index contributed by atoms with van der Waals surface area (Å²) in [5.74, 6) is -1.57. The van der Waals surface area contributed by atoms with Gasteiger partial charge >= 0.3 is 0 Å². The van der Waals surface area contributed by atoms with Gasteiger partial charge in [-0.05, 0) is 42.3 Å². The number of allylic oxidation sites excluding steroid dienone is 1. The van der Waals surface area contributed by atoms with Crippen molar-refractivity contribution in [2.75, 3.05) is 0 Å². The number of hydrogen-bond donors (Lipinski definition) is 0. The highest BCUT2D eigenvalue weighted by molar-refractivity contribution is 6.25. The molecule has 0 radical (unpaired) electrons. The number of fused-ring (bicyclic) bond motifs is 1. The van der Waals surface area contributed by atoms with Crippen molar-refractivity contribution in [1.29, 1.82) is 5.26 Å². The molecule has 2 aliphatic heterocycles. The second-order valence-electron chi connectivity index (χ2n) is 6.70. The van der Waals surface area contributed by atoms with Crippen LogP contribution in [-0.4, -0.2) is 28.5 Å². The summed E-state index contributed by atoms with van der Waals surface area (Å²) >= 11 is 0. The Balaban J connectivity index is 1.77. The number of carbonyl (C=O) groups excluding carboxylic acids is 1. The highest BCUT2D eigenvalue weighted by Gasteiger charge is 2.33. The molecule has 2 aromatic carbocycles.